The van der Waals surface area contributed by atoms with Gasteiger partial charge in [-0.25, -0.2) is 14.2 Å². The molecule has 26 heavy (non-hydrogen) atoms. The fraction of sp³-hybridized carbons (Fsp3) is 0.158. The fourth-order valence-electron chi connectivity index (χ4n) is 2.37. The molecule has 0 aliphatic rings. The van der Waals surface area contributed by atoms with Crippen LogP contribution in [0.5, 0.6) is 5.75 Å². The van der Waals surface area contributed by atoms with Crippen LogP contribution in [0.15, 0.2) is 47.8 Å². The summed E-state index contributed by atoms with van der Waals surface area (Å²) in [6, 6.07) is 11.4. The minimum absolute atomic E-state index is 0.00206. The van der Waals surface area contributed by atoms with Gasteiger partial charge in [-0.15, -0.1) is 11.3 Å². The Labute approximate surface area is 154 Å². The fourth-order valence-corrected chi connectivity index (χ4v) is 2.95. The van der Waals surface area contributed by atoms with Crippen LogP contribution < -0.4 is 10.5 Å². The van der Waals surface area contributed by atoms with Gasteiger partial charge in [0.1, 0.15) is 23.7 Å². The number of nitrogens with zero attached hydrogens (tertiary/aromatic N) is 1. The molecule has 0 aliphatic heterocycles. The number of esters is 1. The van der Waals surface area contributed by atoms with Crippen molar-refractivity contribution in [1.82, 2.24) is 4.98 Å². The van der Waals surface area contributed by atoms with Crippen molar-refractivity contribution >= 4 is 22.4 Å². The lowest BCUT2D eigenvalue weighted by Gasteiger charge is -2.12. The number of nitrogens with two attached hydrogens (primary N) is 1. The van der Waals surface area contributed by atoms with Crippen LogP contribution >= 0.6 is 11.3 Å². The molecule has 134 valence electrons. The lowest BCUT2D eigenvalue weighted by Crippen LogP contribution is -2.08. The van der Waals surface area contributed by atoms with Gasteiger partial charge >= 0.3 is 5.97 Å². The topological polar surface area (TPSA) is 74.4 Å². The number of hydrogen-bond donors (Lipinski definition) is 1. The number of benzene rings is 2. The quantitative estimate of drug-likeness (QED) is 0.654. The molecule has 2 N–H and O–H groups in total. The first-order valence-electron chi connectivity index (χ1n) is 7.97. The molecule has 3 rings (SSSR count). The van der Waals surface area contributed by atoms with Gasteiger partial charge < -0.3 is 15.2 Å². The first kappa shape index (κ1) is 17.9. The molecule has 0 aliphatic carbocycles. The van der Waals surface area contributed by atoms with Gasteiger partial charge in [0.25, 0.3) is 0 Å². The largest absolute Gasteiger partial charge is 0.488 e. The SMILES string of the molecule is CCOC(=O)c1cc(-c2csc(N)n2)ccc1OCc1ccccc1F. The highest BCUT2D eigenvalue weighted by Gasteiger charge is 2.17. The minimum atomic E-state index is -0.513. The van der Waals surface area contributed by atoms with E-state index >= 15 is 0 Å². The van der Waals surface area contributed by atoms with Crippen LogP contribution in [-0.2, 0) is 11.3 Å². The average Bonchev–Trinajstić information content (AvgIpc) is 3.07. The number of aromatic nitrogens is 1. The van der Waals surface area contributed by atoms with Crippen LogP contribution in [-0.4, -0.2) is 17.6 Å². The molecule has 1 aromatic heterocycles. The van der Waals surface area contributed by atoms with Gasteiger partial charge in [0.2, 0.25) is 0 Å². The summed E-state index contributed by atoms with van der Waals surface area (Å²) in [5.74, 6) is -0.556. The van der Waals surface area contributed by atoms with E-state index in [4.69, 9.17) is 15.2 Å². The molecule has 0 spiro atoms. The zero-order valence-electron chi connectivity index (χ0n) is 14.1. The third-order valence-corrected chi connectivity index (χ3v) is 4.31. The number of thiazole rings is 1. The minimum Gasteiger partial charge on any atom is -0.488 e. The Morgan fingerprint density at radius 1 is 1.27 bits per heavy atom. The van der Waals surface area contributed by atoms with Crippen LogP contribution in [0.4, 0.5) is 9.52 Å². The molecular weight excluding hydrogens is 355 g/mol. The first-order chi connectivity index (χ1) is 12.6. The second-order valence-electron chi connectivity index (χ2n) is 5.38. The van der Waals surface area contributed by atoms with Crippen LogP contribution in [0.25, 0.3) is 11.3 Å². The van der Waals surface area contributed by atoms with Crippen molar-refractivity contribution in [3.8, 4) is 17.0 Å². The van der Waals surface area contributed by atoms with Crippen molar-refractivity contribution in [1.29, 1.82) is 0 Å². The number of carbonyl (C=O) groups is 1. The zero-order valence-corrected chi connectivity index (χ0v) is 14.9. The Hall–Kier alpha value is -2.93. The van der Waals surface area contributed by atoms with Crippen LogP contribution in [0.1, 0.15) is 22.8 Å². The highest BCUT2D eigenvalue weighted by atomic mass is 32.1. The monoisotopic (exact) mass is 372 g/mol. The van der Waals surface area contributed by atoms with Gasteiger partial charge in [0, 0.05) is 16.5 Å². The normalized spacial score (nSPS) is 10.5. The van der Waals surface area contributed by atoms with Crippen molar-refractivity contribution in [2.75, 3.05) is 12.3 Å². The molecule has 0 unspecified atom stereocenters. The molecule has 1 heterocycles. The van der Waals surface area contributed by atoms with Gasteiger partial charge in [-0.3, -0.25) is 0 Å². The maximum absolute atomic E-state index is 13.8. The molecule has 0 radical (unpaired) electrons. The van der Waals surface area contributed by atoms with E-state index in [1.54, 1.807) is 48.7 Å². The Balaban J connectivity index is 1.90. The Bertz CT molecular complexity index is 927. The molecule has 7 heteroatoms. The summed E-state index contributed by atoms with van der Waals surface area (Å²) in [7, 11) is 0. The predicted molar refractivity (Wildman–Crippen MR) is 98.7 cm³/mol. The molecule has 0 bridgehead atoms. The van der Waals surface area contributed by atoms with Gasteiger partial charge in [-0.05, 0) is 31.2 Å². The second kappa shape index (κ2) is 7.97. The summed E-state index contributed by atoms with van der Waals surface area (Å²) in [5, 5.41) is 2.25. The van der Waals surface area contributed by atoms with E-state index < -0.39 is 5.97 Å². The molecule has 0 saturated heterocycles. The van der Waals surface area contributed by atoms with Crippen molar-refractivity contribution < 1.29 is 18.7 Å². The number of carbonyl (C=O) groups excluding carboxylic acids is 1. The third kappa shape index (κ3) is 4.00. The summed E-state index contributed by atoms with van der Waals surface area (Å²) in [6.45, 7) is 1.96. The van der Waals surface area contributed by atoms with Crippen molar-refractivity contribution in [3.05, 3.63) is 64.8 Å². The number of nitrogen functional groups attached to an aromatic ring is 1. The highest BCUT2D eigenvalue weighted by Crippen LogP contribution is 2.29. The van der Waals surface area contributed by atoms with E-state index in [1.165, 1.54) is 17.4 Å². The summed E-state index contributed by atoms with van der Waals surface area (Å²) in [6.07, 6.45) is 0. The van der Waals surface area contributed by atoms with Crippen molar-refractivity contribution in [3.63, 3.8) is 0 Å². The zero-order chi connectivity index (χ0) is 18.5. The number of anilines is 1. The van der Waals surface area contributed by atoms with Gasteiger partial charge in [0.05, 0.1) is 12.3 Å². The summed E-state index contributed by atoms with van der Waals surface area (Å²) in [5.41, 5.74) is 7.72. The molecule has 0 saturated carbocycles. The van der Waals surface area contributed by atoms with Gasteiger partial charge in [-0.1, -0.05) is 18.2 Å². The van der Waals surface area contributed by atoms with E-state index in [2.05, 4.69) is 4.98 Å². The smallest absolute Gasteiger partial charge is 0.341 e. The molecule has 0 fully saturated rings. The second-order valence-corrected chi connectivity index (χ2v) is 6.27. The molecule has 2 aromatic carbocycles. The van der Waals surface area contributed by atoms with E-state index in [9.17, 15) is 9.18 Å². The van der Waals surface area contributed by atoms with E-state index in [1.807, 2.05) is 0 Å². The predicted octanol–water partition coefficient (Wildman–Crippen LogP) is 4.29. The molecular formula is C19H17FN2O3S. The summed E-state index contributed by atoms with van der Waals surface area (Å²) < 4.78 is 24.6. The maximum Gasteiger partial charge on any atom is 0.341 e. The van der Waals surface area contributed by atoms with Gasteiger partial charge in [0.15, 0.2) is 5.13 Å². The van der Waals surface area contributed by atoms with Crippen LogP contribution in [0.3, 0.4) is 0 Å². The third-order valence-electron chi connectivity index (χ3n) is 3.63. The Kier molecular flexibility index (Phi) is 5.48. The van der Waals surface area contributed by atoms with Crippen LogP contribution in [0, 0.1) is 5.82 Å². The van der Waals surface area contributed by atoms with Crippen molar-refractivity contribution in [2.45, 2.75) is 13.5 Å². The van der Waals surface area contributed by atoms with Gasteiger partial charge in [-0.2, -0.15) is 0 Å². The Morgan fingerprint density at radius 3 is 2.77 bits per heavy atom. The molecule has 0 atom stereocenters. The van der Waals surface area contributed by atoms with E-state index in [0.29, 0.717) is 22.1 Å². The molecule has 0 amide bonds. The lowest BCUT2D eigenvalue weighted by atomic mass is 10.1. The first-order valence-corrected chi connectivity index (χ1v) is 8.85. The Morgan fingerprint density at radius 2 is 2.08 bits per heavy atom. The summed E-state index contributed by atoms with van der Waals surface area (Å²) in [4.78, 5) is 16.5. The number of ether oxygens (including phenoxy) is 2. The van der Waals surface area contributed by atoms with Crippen LogP contribution in [0.2, 0.25) is 0 Å². The van der Waals surface area contributed by atoms with E-state index in [0.717, 1.165) is 5.56 Å². The van der Waals surface area contributed by atoms with Crippen molar-refractivity contribution in [2.24, 2.45) is 0 Å². The molecule has 3 aromatic rings. The van der Waals surface area contributed by atoms with E-state index in [-0.39, 0.29) is 24.6 Å². The number of rotatable bonds is 6. The molecule has 5 nitrogen and oxygen atoms in total. The number of halogens is 1. The highest BCUT2D eigenvalue weighted by molar-refractivity contribution is 7.13. The number of hydrogen-bond acceptors (Lipinski definition) is 6. The standard InChI is InChI=1S/C19H17FN2O3S/c1-2-24-18(23)14-9-12(16-11-26-19(21)22-16)7-8-17(14)25-10-13-5-3-4-6-15(13)20/h3-9,11H,2,10H2,1H3,(H2,21,22). The average molecular weight is 372 g/mol. The maximum atomic E-state index is 13.8. The lowest BCUT2D eigenvalue weighted by molar-refractivity contribution is 0.0521. The summed E-state index contributed by atoms with van der Waals surface area (Å²) >= 11 is 1.31.